The zero-order valence-electron chi connectivity index (χ0n) is 19.0. The summed E-state index contributed by atoms with van der Waals surface area (Å²) < 4.78 is 59.3. The van der Waals surface area contributed by atoms with Crippen molar-refractivity contribution in [1.29, 1.82) is 0 Å². The first kappa shape index (κ1) is 24.9. The molecule has 1 aromatic heterocycles. The average Bonchev–Trinajstić information content (AvgIpc) is 3.35. The van der Waals surface area contributed by atoms with E-state index >= 15 is 0 Å². The Labute approximate surface area is 200 Å². The van der Waals surface area contributed by atoms with Gasteiger partial charge < -0.3 is 19.3 Å². The third kappa shape index (κ3) is 4.81. The van der Waals surface area contributed by atoms with Crippen molar-refractivity contribution in [1.82, 2.24) is 19.0 Å². The van der Waals surface area contributed by atoms with Gasteiger partial charge in [0, 0.05) is 26.7 Å². The number of carboxylic acid groups (broad SMARTS) is 1. The van der Waals surface area contributed by atoms with Crippen molar-refractivity contribution < 1.29 is 41.7 Å². The normalized spacial score (nSPS) is 22.3. The number of carbonyl (C=O) groups excluding carboxylic acids is 1. The minimum Gasteiger partial charge on any atom is -0.480 e. The standard InChI is InChI=1S/C21H25FN4O8S/c1-24-12-14(10-23-24)34-18-6-4-15(9-16(18)22)35(30,31)25-11-13-3-5-17(19(25)20(27)28)26(13)21(29)33-8-7-32-2/h4,6,9-10,12-13,17,19H,3,5,7-8,11H2,1-2H3,(H,27,28)/t13-,17+,19-/m1/s1. The molecule has 0 radical (unpaired) electrons. The first-order valence-electron chi connectivity index (χ1n) is 10.8. The number of carboxylic acids is 1. The second-order valence-electron chi connectivity index (χ2n) is 8.21. The molecule has 1 amide bonds. The predicted molar refractivity (Wildman–Crippen MR) is 117 cm³/mol. The smallest absolute Gasteiger partial charge is 0.410 e. The molecule has 1 N–H and O–H groups in total. The van der Waals surface area contributed by atoms with Crippen LogP contribution >= 0.6 is 0 Å². The largest absolute Gasteiger partial charge is 0.480 e. The second-order valence-corrected chi connectivity index (χ2v) is 10.1. The molecular formula is C21H25FN4O8S. The quantitative estimate of drug-likeness (QED) is 0.520. The Bertz CT molecular complexity index is 1220. The van der Waals surface area contributed by atoms with Gasteiger partial charge in [0.25, 0.3) is 0 Å². The number of carbonyl (C=O) groups is 2. The van der Waals surface area contributed by atoms with E-state index < -0.39 is 50.9 Å². The summed E-state index contributed by atoms with van der Waals surface area (Å²) in [5.41, 5.74) is 0. The van der Waals surface area contributed by atoms with Gasteiger partial charge in [-0.05, 0) is 31.0 Å². The van der Waals surface area contributed by atoms with Crippen LogP contribution in [0.15, 0.2) is 35.5 Å². The summed E-state index contributed by atoms with van der Waals surface area (Å²) in [6.45, 7) is -0.105. The molecule has 190 valence electrons. The molecule has 0 saturated carbocycles. The number of hydrogen-bond donors (Lipinski definition) is 1. The molecule has 2 aliphatic heterocycles. The minimum absolute atomic E-state index is 0.0161. The lowest BCUT2D eigenvalue weighted by Gasteiger charge is -2.43. The Morgan fingerprint density at radius 3 is 2.66 bits per heavy atom. The van der Waals surface area contributed by atoms with E-state index in [1.165, 1.54) is 29.1 Å². The number of hydrogen-bond acceptors (Lipinski definition) is 8. The van der Waals surface area contributed by atoms with Crippen LogP contribution in [0.5, 0.6) is 11.5 Å². The van der Waals surface area contributed by atoms with Crippen molar-refractivity contribution in [2.45, 2.75) is 35.9 Å². The maximum atomic E-state index is 14.7. The van der Waals surface area contributed by atoms with E-state index in [0.29, 0.717) is 12.8 Å². The molecular weight excluding hydrogens is 487 g/mol. The lowest BCUT2D eigenvalue weighted by molar-refractivity contribution is -0.145. The zero-order chi connectivity index (χ0) is 25.3. The summed E-state index contributed by atoms with van der Waals surface area (Å²) in [5.74, 6) is -2.30. The van der Waals surface area contributed by atoms with Crippen molar-refractivity contribution in [2.24, 2.45) is 7.05 Å². The number of halogens is 1. The highest BCUT2D eigenvalue weighted by molar-refractivity contribution is 7.89. The van der Waals surface area contributed by atoms with Gasteiger partial charge in [0.2, 0.25) is 10.0 Å². The molecule has 3 heterocycles. The van der Waals surface area contributed by atoms with Crippen LogP contribution in [0.3, 0.4) is 0 Å². The van der Waals surface area contributed by atoms with E-state index in [-0.39, 0.29) is 31.3 Å². The number of nitrogens with zero attached hydrogens (tertiary/aromatic N) is 4. The lowest BCUT2D eigenvalue weighted by atomic mass is 10.1. The fourth-order valence-corrected chi connectivity index (χ4v) is 6.12. The van der Waals surface area contributed by atoms with Crippen LogP contribution in [0.1, 0.15) is 12.8 Å². The van der Waals surface area contributed by atoms with Crippen molar-refractivity contribution in [3.05, 3.63) is 36.4 Å². The monoisotopic (exact) mass is 512 g/mol. The van der Waals surface area contributed by atoms with Gasteiger partial charge in [-0.2, -0.15) is 9.40 Å². The number of aryl methyl sites for hydroxylation is 1. The minimum atomic E-state index is -4.42. The number of methoxy groups -OCH3 is 1. The highest BCUT2D eigenvalue weighted by Crippen LogP contribution is 2.38. The molecule has 2 fully saturated rings. The lowest BCUT2D eigenvalue weighted by Crippen LogP contribution is -2.64. The molecule has 1 aromatic carbocycles. The van der Waals surface area contributed by atoms with E-state index in [9.17, 15) is 27.5 Å². The third-order valence-electron chi connectivity index (χ3n) is 6.01. The molecule has 2 saturated heterocycles. The number of sulfonamides is 1. The molecule has 2 aliphatic rings. The Balaban J connectivity index is 1.58. The third-order valence-corrected chi connectivity index (χ3v) is 7.85. The van der Waals surface area contributed by atoms with Crippen molar-refractivity contribution in [3.63, 3.8) is 0 Å². The molecule has 2 bridgehead atoms. The van der Waals surface area contributed by atoms with Gasteiger partial charge in [-0.15, -0.1) is 0 Å². The van der Waals surface area contributed by atoms with Gasteiger partial charge in [-0.3, -0.25) is 14.4 Å². The zero-order valence-corrected chi connectivity index (χ0v) is 19.9. The van der Waals surface area contributed by atoms with Crippen LogP contribution in [-0.2, 0) is 31.3 Å². The maximum absolute atomic E-state index is 14.7. The molecule has 14 heteroatoms. The average molecular weight is 513 g/mol. The van der Waals surface area contributed by atoms with E-state index in [2.05, 4.69) is 5.10 Å². The van der Waals surface area contributed by atoms with Crippen LogP contribution in [0.25, 0.3) is 0 Å². The van der Waals surface area contributed by atoms with Gasteiger partial charge in [0.15, 0.2) is 17.3 Å². The number of fused-ring (bicyclic) bond motifs is 2. The first-order chi connectivity index (χ1) is 16.6. The number of benzene rings is 1. The number of piperazine rings is 1. The highest BCUT2D eigenvalue weighted by atomic mass is 32.2. The molecule has 35 heavy (non-hydrogen) atoms. The molecule has 4 rings (SSSR count). The van der Waals surface area contributed by atoms with Crippen LogP contribution in [0.4, 0.5) is 9.18 Å². The summed E-state index contributed by atoms with van der Waals surface area (Å²) in [6.07, 6.45) is 2.86. The molecule has 2 aromatic rings. The number of rotatable bonds is 8. The Morgan fingerprint density at radius 1 is 1.26 bits per heavy atom. The number of aliphatic carboxylic acids is 1. The van der Waals surface area contributed by atoms with E-state index in [4.69, 9.17) is 14.2 Å². The van der Waals surface area contributed by atoms with E-state index in [1.807, 2.05) is 0 Å². The predicted octanol–water partition coefficient (Wildman–Crippen LogP) is 1.42. The molecule has 12 nitrogen and oxygen atoms in total. The second kappa shape index (κ2) is 9.79. The Kier molecular flexibility index (Phi) is 6.96. The summed E-state index contributed by atoms with van der Waals surface area (Å²) in [5, 5.41) is 13.8. The van der Waals surface area contributed by atoms with Crippen LogP contribution in [0, 0.1) is 5.82 Å². The molecule has 0 aliphatic carbocycles. The van der Waals surface area contributed by atoms with Crippen molar-refractivity contribution in [3.8, 4) is 11.5 Å². The number of aromatic nitrogens is 2. The van der Waals surface area contributed by atoms with Gasteiger partial charge >= 0.3 is 12.1 Å². The molecule has 0 spiro atoms. The van der Waals surface area contributed by atoms with Gasteiger partial charge in [-0.25, -0.2) is 17.6 Å². The van der Waals surface area contributed by atoms with Gasteiger partial charge in [0.05, 0.1) is 29.9 Å². The summed E-state index contributed by atoms with van der Waals surface area (Å²) >= 11 is 0. The SMILES string of the molecule is COCCOC(=O)N1[C@@H]2CC[C@H]1[C@H](C(=O)O)N(S(=O)(=O)c1ccc(Oc3cnn(C)c3)c(F)c1)C2. The molecule has 0 unspecified atom stereocenters. The number of ether oxygens (including phenoxy) is 3. The Hall–Kier alpha value is -3.23. The van der Waals surface area contributed by atoms with Crippen molar-refractivity contribution >= 4 is 22.1 Å². The topological polar surface area (TPSA) is 140 Å². The maximum Gasteiger partial charge on any atom is 0.410 e. The van der Waals surface area contributed by atoms with Crippen LogP contribution in [-0.4, -0.2) is 89.6 Å². The van der Waals surface area contributed by atoms with Gasteiger partial charge in [-0.1, -0.05) is 0 Å². The van der Waals surface area contributed by atoms with E-state index in [0.717, 1.165) is 22.5 Å². The van der Waals surface area contributed by atoms with Gasteiger partial charge in [0.1, 0.15) is 12.6 Å². The first-order valence-corrected chi connectivity index (χ1v) is 12.2. The molecule has 3 atom stereocenters. The fraction of sp³-hybridized carbons (Fsp3) is 0.476. The summed E-state index contributed by atoms with van der Waals surface area (Å²) in [4.78, 5) is 25.6. The van der Waals surface area contributed by atoms with Crippen molar-refractivity contribution in [2.75, 3.05) is 26.9 Å². The summed E-state index contributed by atoms with van der Waals surface area (Å²) in [6, 6.07) is 0.0442. The van der Waals surface area contributed by atoms with Crippen LogP contribution in [0.2, 0.25) is 0 Å². The fourth-order valence-electron chi connectivity index (χ4n) is 4.46. The number of amides is 1. The van der Waals surface area contributed by atoms with E-state index in [1.54, 1.807) is 7.05 Å². The summed E-state index contributed by atoms with van der Waals surface area (Å²) in [7, 11) is -1.32. The Morgan fingerprint density at radius 2 is 2.03 bits per heavy atom. The highest BCUT2D eigenvalue weighted by Gasteiger charge is 2.55. The van der Waals surface area contributed by atoms with Crippen LogP contribution < -0.4 is 4.74 Å².